The van der Waals surface area contributed by atoms with E-state index in [9.17, 15) is 9.59 Å². The lowest BCUT2D eigenvalue weighted by Gasteiger charge is -2.14. The molecule has 0 aliphatic rings. The smallest absolute Gasteiger partial charge is 0.335 e. The van der Waals surface area contributed by atoms with Crippen molar-refractivity contribution >= 4 is 16.9 Å². The number of carboxylic acids is 1. The molecule has 0 bridgehead atoms. The number of nitrogens with zero attached hydrogens (tertiary/aromatic N) is 1. The number of carbonyl (C=O) groups is 1. The number of hydrogen-bond acceptors (Lipinski definition) is 3. The zero-order chi connectivity index (χ0) is 14.9. The second kappa shape index (κ2) is 5.21. The molecule has 2 rings (SSSR count). The van der Waals surface area contributed by atoms with Crippen molar-refractivity contribution in [3.63, 3.8) is 0 Å². The standard InChI is InChI=1S/C15H15NO4/c1-9(2)8-16-13(17)5-4-10-6-11(15(18)19)7-12(20-3)14(10)16/h4-7H,1,8H2,2-3H3,(H,18,19). The molecule has 1 aromatic heterocycles. The molecule has 0 unspecified atom stereocenters. The van der Waals surface area contributed by atoms with Gasteiger partial charge in [-0.15, -0.1) is 0 Å². The first-order valence-corrected chi connectivity index (χ1v) is 6.03. The Morgan fingerprint density at radius 1 is 1.40 bits per heavy atom. The van der Waals surface area contributed by atoms with Crippen LogP contribution in [0, 0.1) is 0 Å². The Morgan fingerprint density at radius 2 is 2.10 bits per heavy atom. The molecule has 0 aliphatic heterocycles. The summed E-state index contributed by atoms with van der Waals surface area (Å²) in [6.07, 6.45) is 0. The van der Waals surface area contributed by atoms with E-state index in [1.807, 2.05) is 6.92 Å². The lowest BCUT2D eigenvalue weighted by Crippen LogP contribution is -2.20. The maximum atomic E-state index is 12.0. The Hall–Kier alpha value is -2.56. The van der Waals surface area contributed by atoms with E-state index in [0.717, 1.165) is 5.57 Å². The van der Waals surface area contributed by atoms with Crippen LogP contribution in [0.3, 0.4) is 0 Å². The van der Waals surface area contributed by atoms with E-state index < -0.39 is 5.97 Å². The highest BCUT2D eigenvalue weighted by Crippen LogP contribution is 2.27. The summed E-state index contributed by atoms with van der Waals surface area (Å²) in [5.41, 5.74) is 1.34. The van der Waals surface area contributed by atoms with Crippen molar-refractivity contribution in [1.29, 1.82) is 0 Å². The van der Waals surface area contributed by atoms with Gasteiger partial charge in [0.1, 0.15) is 5.75 Å². The van der Waals surface area contributed by atoms with Gasteiger partial charge in [0.25, 0.3) is 5.56 Å². The molecule has 0 aliphatic carbocycles. The first-order valence-electron chi connectivity index (χ1n) is 6.03. The molecule has 104 valence electrons. The number of allylic oxidation sites excluding steroid dienone is 1. The topological polar surface area (TPSA) is 68.5 Å². The normalized spacial score (nSPS) is 10.5. The minimum absolute atomic E-state index is 0.120. The number of aromatic nitrogens is 1. The number of methoxy groups -OCH3 is 1. The maximum absolute atomic E-state index is 12.0. The van der Waals surface area contributed by atoms with Crippen molar-refractivity contribution in [2.24, 2.45) is 0 Å². The van der Waals surface area contributed by atoms with Crippen LogP contribution in [0.1, 0.15) is 17.3 Å². The fraction of sp³-hybridized carbons (Fsp3) is 0.200. The van der Waals surface area contributed by atoms with E-state index in [0.29, 0.717) is 23.2 Å². The molecule has 1 N–H and O–H groups in total. The molecule has 1 heterocycles. The molecule has 0 amide bonds. The van der Waals surface area contributed by atoms with Gasteiger partial charge in [-0.05, 0) is 25.1 Å². The number of carboxylic acid groups (broad SMARTS) is 1. The van der Waals surface area contributed by atoms with Crippen molar-refractivity contribution in [3.05, 3.63) is 52.3 Å². The van der Waals surface area contributed by atoms with Gasteiger partial charge in [-0.1, -0.05) is 12.2 Å². The van der Waals surface area contributed by atoms with Crippen molar-refractivity contribution in [1.82, 2.24) is 4.57 Å². The first-order chi connectivity index (χ1) is 9.43. The van der Waals surface area contributed by atoms with Crippen LogP contribution in [0.4, 0.5) is 0 Å². The fourth-order valence-electron chi connectivity index (χ4n) is 2.11. The lowest BCUT2D eigenvalue weighted by atomic mass is 10.1. The SMILES string of the molecule is C=C(C)Cn1c(=O)ccc2cc(C(=O)O)cc(OC)c21. The summed E-state index contributed by atoms with van der Waals surface area (Å²) in [7, 11) is 1.45. The molecule has 0 atom stereocenters. The molecule has 0 fully saturated rings. The van der Waals surface area contributed by atoms with E-state index >= 15 is 0 Å². The predicted molar refractivity (Wildman–Crippen MR) is 76.5 cm³/mol. The van der Waals surface area contributed by atoms with Gasteiger partial charge in [0.2, 0.25) is 0 Å². The predicted octanol–water partition coefficient (Wildman–Crippen LogP) is 2.28. The van der Waals surface area contributed by atoms with Crippen molar-refractivity contribution in [3.8, 4) is 5.75 Å². The third-order valence-electron chi connectivity index (χ3n) is 2.94. The van der Waals surface area contributed by atoms with Gasteiger partial charge < -0.3 is 14.4 Å². The third-order valence-corrected chi connectivity index (χ3v) is 2.94. The molecular weight excluding hydrogens is 258 g/mol. The monoisotopic (exact) mass is 273 g/mol. The zero-order valence-corrected chi connectivity index (χ0v) is 11.3. The van der Waals surface area contributed by atoms with Crippen LogP contribution >= 0.6 is 0 Å². The summed E-state index contributed by atoms with van der Waals surface area (Å²) in [6.45, 7) is 5.99. The Balaban J connectivity index is 2.86. The number of aromatic carboxylic acids is 1. The van der Waals surface area contributed by atoms with Crippen LogP contribution in [0.5, 0.6) is 5.75 Å². The highest BCUT2D eigenvalue weighted by atomic mass is 16.5. The Bertz CT molecular complexity index is 758. The highest BCUT2D eigenvalue weighted by molar-refractivity contribution is 5.96. The van der Waals surface area contributed by atoms with Gasteiger partial charge in [0, 0.05) is 18.0 Å². The number of ether oxygens (including phenoxy) is 1. The number of rotatable bonds is 4. The second-order valence-corrected chi connectivity index (χ2v) is 4.64. The molecule has 0 radical (unpaired) electrons. The fourth-order valence-corrected chi connectivity index (χ4v) is 2.11. The van der Waals surface area contributed by atoms with Crippen LogP contribution in [0.15, 0.2) is 41.2 Å². The van der Waals surface area contributed by atoms with Crippen molar-refractivity contribution in [2.75, 3.05) is 7.11 Å². The van der Waals surface area contributed by atoms with Crippen LogP contribution < -0.4 is 10.3 Å². The van der Waals surface area contributed by atoms with E-state index in [-0.39, 0.29) is 11.1 Å². The molecule has 20 heavy (non-hydrogen) atoms. The largest absolute Gasteiger partial charge is 0.495 e. The molecule has 0 saturated heterocycles. The van der Waals surface area contributed by atoms with Gasteiger partial charge in [-0.3, -0.25) is 4.79 Å². The second-order valence-electron chi connectivity index (χ2n) is 4.64. The molecule has 0 saturated carbocycles. The van der Waals surface area contributed by atoms with E-state index in [2.05, 4.69) is 6.58 Å². The average molecular weight is 273 g/mol. The summed E-state index contributed by atoms with van der Waals surface area (Å²) < 4.78 is 6.77. The minimum atomic E-state index is -1.04. The maximum Gasteiger partial charge on any atom is 0.335 e. The van der Waals surface area contributed by atoms with E-state index in [1.165, 1.54) is 29.9 Å². The van der Waals surface area contributed by atoms with E-state index in [1.54, 1.807) is 6.07 Å². The lowest BCUT2D eigenvalue weighted by molar-refractivity contribution is 0.0696. The first kappa shape index (κ1) is 13.9. The number of pyridine rings is 1. The Kier molecular flexibility index (Phi) is 3.61. The summed E-state index contributed by atoms with van der Waals surface area (Å²) in [5, 5.41) is 9.74. The third kappa shape index (κ3) is 2.42. The number of hydrogen-bond donors (Lipinski definition) is 1. The molecule has 1 aromatic carbocycles. The highest BCUT2D eigenvalue weighted by Gasteiger charge is 2.13. The van der Waals surface area contributed by atoms with Gasteiger partial charge in [0.15, 0.2) is 0 Å². The van der Waals surface area contributed by atoms with E-state index in [4.69, 9.17) is 9.84 Å². The quantitative estimate of drug-likeness (QED) is 0.868. The van der Waals surface area contributed by atoms with Crippen molar-refractivity contribution < 1.29 is 14.6 Å². The molecule has 0 spiro atoms. The van der Waals surface area contributed by atoms with Crippen LogP contribution in [0.2, 0.25) is 0 Å². The number of benzene rings is 1. The van der Waals surface area contributed by atoms with Gasteiger partial charge in [-0.25, -0.2) is 4.79 Å². The average Bonchev–Trinajstić information content (AvgIpc) is 2.40. The zero-order valence-electron chi connectivity index (χ0n) is 11.3. The molecule has 5 heteroatoms. The summed E-state index contributed by atoms with van der Waals surface area (Å²) in [6, 6.07) is 5.95. The molecular formula is C15H15NO4. The molecule has 5 nitrogen and oxygen atoms in total. The Morgan fingerprint density at radius 3 is 2.65 bits per heavy atom. The summed E-state index contributed by atoms with van der Waals surface area (Å²) in [4.78, 5) is 23.1. The van der Waals surface area contributed by atoms with Gasteiger partial charge >= 0.3 is 5.97 Å². The van der Waals surface area contributed by atoms with Crippen LogP contribution in [-0.2, 0) is 6.54 Å². The Labute approximate surface area is 115 Å². The van der Waals surface area contributed by atoms with Crippen molar-refractivity contribution in [2.45, 2.75) is 13.5 Å². The molecule has 2 aromatic rings. The van der Waals surface area contributed by atoms with Crippen LogP contribution in [-0.4, -0.2) is 22.8 Å². The van der Waals surface area contributed by atoms with Gasteiger partial charge in [-0.2, -0.15) is 0 Å². The summed E-state index contributed by atoms with van der Waals surface area (Å²) >= 11 is 0. The number of fused-ring (bicyclic) bond motifs is 1. The van der Waals surface area contributed by atoms with Crippen LogP contribution in [0.25, 0.3) is 10.9 Å². The summed E-state index contributed by atoms with van der Waals surface area (Å²) in [5.74, 6) is -0.679. The minimum Gasteiger partial charge on any atom is -0.495 e. The van der Waals surface area contributed by atoms with Gasteiger partial charge in [0.05, 0.1) is 18.2 Å².